The maximum Gasteiger partial charge on any atom is 0.0840 e. The average Bonchev–Trinajstić information content (AvgIpc) is 2.68. The van der Waals surface area contributed by atoms with Gasteiger partial charge in [-0.15, -0.1) is 11.3 Å². The van der Waals surface area contributed by atoms with Gasteiger partial charge in [-0.2, -0.15) is 0 Å². The van der Waals surface area contributed by atoms with Crippen molar-refractivity contribution in [3.05, 3.63) is 40.7 Å². The third-order valence-electron chi connectivity index (χ3n) is 1.81. The van der Waals surface area contributed by atoms with E-state index in [1.54, 1.807) is 6.20 Å². The van der Waals surface area contributed by atoms with Gasteiger partial charge in [0, 0.05) is 11.8 Å². The van der Waals surface area contributed by atoms with E-state index in [9.17, 15) is 0 Å². The van der Waals surface area contributed by atoms with Crippen molar-refractivity contribution >= 4 is 17.6 Å². The number of rotatable bonds is 2. The highest BCUT2D eigenvalue weighted by molar-refractivity contribution is 7.12. The van der Waals surface area contributed by atoms with Crippen molar-refractivity contribution in [2.24, 2.45) is 5.16 Å². The van der Waals surface area contributed by atoms with Crippen molar-refractivity contribution in [1.82, 2.24) is 4.98 Å². The summed E-state index contributed by atoms with van der Waals surface area (Å²) in [6, 6.07) is 7.69. The molecule has 0 unspecified atom stereocenters. The minimum atomic E-state index is 0.892. The first-order chi connectivity index (χ1) is 6.92. The monoisotopic (exact) mass is 204 g/mol. The van der Waals surface area contributed by atoms with Gasteiger partial charge in [-0.05, 0) is 23.6 Å². The molecule has 2 heterocycles. The quantitative estimate of drug-likeness (QED) is 0.464. The van der Waals surface area contributed by atoms with Gasteiger partial charge >= 0.3 is 0 Å². The Hall–Kier alpha value is -1.68. The van der Waals surface area contributed by atoms with Gasteiger partial charge in [0.15, 0.2) is 0 Å². The van der Waals surface area contributed by atoms with E-state index in [0.717, 1.165) is 16.1 Å². The lowest BCUT2D eigenvalue weighted by molar-refractivity contribution is 0.322. The van der Waals surface area contributed by atoms with Crippen molar-refractivity contribution in [2.75, 3.05) is 0 Å². The zero-order valence-electron chi connectivity index (χ0n) is 7.29. The molecule has 0 aliphatic heterocycles. The first kappa shape index (κ1) is 8.90. The Bertz CT molecular complexity index is 436. The number of nitrogens with zero attached hydrogens (tertiary/aromatic N) is 2. The molecule has 0 saturated heterocycles. The molecule has 0 fully saturated rings. The van der Waals surface area contributed by atoms with Crippen molar-refractivity contribution in [3.8, 4) is 11.3 Å². The van der Waals surface area contributed by atoms with Crippen molar-refractivity contribution < 1.29 is 5.21 Å². The highest BCUT2D eigenvalue weighted by atomic mass is 32.1. The summed E-state index contributed by atoms with van der Waals surface area (Å²) in [4.78, 5) is 5.14. The molecular formula is C10H8N2OS. The zero-order valence-corrected chi connectivity index (χ0v) is 8.11. The number of hydrogen-bond donors (Lipinski definition) is 1. The molecule has 0 saturated carbocycles. The molecule has 0 bridgehead atoms. The minimum absolute atomic E-state index is 0.892. The van der Waals surface area contributed by atoms with Crippen LogP contribution in [0.25, 0.3) is 11.3 Å². The number of thiophene rings is 1. The Labute approximate surface area is 85.4 Å². The number of oxime groups is 1. The van der Waals surface area contributed by atoms with Gasteiger partial charge in [0.1, 0.15) is 0 Å². The van der Waals surface area contributed by atoms with Crippen LogP contribution in [0, 0.1) is 0 Å². The molecule has 1 N–H and O–H groups in total. The summed E-state index contributed by atoms with van der Waals surface area (Å²) in [5.74, 6) is 0. The molecule has 0 aromatic carbocycles. The molecule has 0 atom stereocenters. The second-order valence-electron chi connectivity index (χ2n) is 2.66. The van der Waals surface area contributed by atoms with Gasteiger partial charge in [-0.3, -0.25) is 4.98 Å². The molecule has 2 aromatic rings. The number of pyridine rings is 1. The molecule has 3 nitrogen and oxygen atoms in total. The lowest BCUT2D eigenvalue weighted by Crippen LogP contribution is -1.83. The Balaban J connectivity index is 2.47. The van der Waals surface area contributed by atoms with E-state index in [1.807, 2.05) is 29.6 Å². The predicted molar refractivity (Wildman–Crippen MR) is 56.9 cm³/mol. The summed E-state index contributed by atoms with van der Waals surface area (Å²) < 4.78 is 0. The first-order valence-electron chi connectivity index (χ1n) is 4.08. The molecule has 2 rings (SSSR count). The van der Waals surface area contributed by atoms with Gasteiger partial charge in [-0.25, -0.2) is 0 Å². The van der Waals surface area contributed by atoms with Crippen LogP contribution in [0.5, 0.6) is 0 Å². The van der Waals surface area contributed by atoms with E-state index >= 15 is 0 Å². The van der Waals surface area contributed by atoms with Gasteiger partial charge in [0.2, 0.25) is 0 Å². The maximum absolute atomic E-state index is 8.47. The maximum atomic E-state index is 8.47. The van der Waals surface area contributed by atoms with Crippen LogP contribution in [0.4, 0.5) is 0 Å². The third kappa shape index (κ3) is 1.65. The van der Waals surface area contributed by atoms with Crippen LogP contribution in [0.2, 0.25) is 0 Å². The highest BCUT2D eigenvalue weighted by Gasteiger charge is 2.04. The summed E-state index contributed by atoms with van der Waals surface area (Å²) in [6.45, 7) is 0. The highest BCUT2D eigenvalue weighted by Crippen LogP contribution is 2.24. The fourth-order valence-corrected chi connectivity index (χ4v) is 1.97. The lowest BCUT2D eigenvalue weighted by Gasteiger charge is -1.96. The molecule has 0 amide bonds. The summed E-state index contributed by atoms with van der Waals surface area (Å²) >= 11 is 1.52. The molecule has 2 aromatic heterocycles. The second kappa shape index (κ2) is 4.02. The van der Waals surface area contributed by atoms with E-state index in [2.05, 4.69) is 10.1 Å². The van der Waals surface area contributed by atoms with Crippen LogP contribution in [0.15, 0.2) is 41.0 Å². The van der Waals surface area contributed by atoms with Gasteiger partial charge < -0.3 is 5.21 Å². The summed E-state index contributed by atoms with van der Waals surface area (Å²) in [7, 11) is 0. The predicted octanol–water partition coefficient (Wildman–Crippen LogP) is 2.62. The Kier molecular flexibility index (Phi) is 2.55. The van der Waals surface area contributed by atoms with Crippen molar-refractivity contribution in [1.29, 1.82) is 0 Å². The van der Waals surface area contributed by atoms with Crippen LogP contribution in [0.1, 0.15) is 4.88 Å². The topological polar surface area (TPSA) is 45.5 Å². The van der Waals surface area contributed by atoms with Gasteiger partial charge in [0.05, 0.1) is 16.8 Å². The van der Waals surface area contributed by atoms with Crippen molar-refractivity contribution in [3.63, 3.8) is 0 Å². The molecule has 0 aliphatic rings. The zero-order chi connectivity index (χ0) is 9.80. The smallest absolute Gasteiger partial charge is 0.0840 e. The molecular weight excluding hydrogens is 196 g/mol. The third-order valence-corrected chi connectivity index (χ3v) is 2.66. The normalized spacial score (nSPS) is 10.9. The fraction of sp³-hybridized carbons (Fsp3) is 0. The van der Waals surface area contributed by atoms with Crippen LogP contribution < -0.4 is 0 Å². The summed E-state index contributed by atoms with van der Waals surface area (Å²) in [5, 5.41) is 13.4. The molecule has 0 spiro atoms. The van der Waals surface area contributed by atoms with E-state index in [4.69, 9.17) is 5.21 Å². The van der Waals surface area contributed by atoms with Gasteiger partial charge in [-0.1, -0.05) is 11.2 Å². The van der Waals surface area contributed by atoms with Gasteiger partial charge in [0.25, 0.3) is 0 Å². The van der Waals surface area contributed by atoms with Crippen LogP contribution in [0.3, 0.4) is 0 Å². The average molecular weight is 204 g/mol. The summed E-state index contributed by atoms with van der Waals surface area (Å²) in [5.41, 5.74) is 1.89. The minimum Gasteiger partial charge on any atom is -0.411 e. The number of aromatic nitrogens is 1. The Morgan fingerprint density at radius 1 is 1.36 bits per heavy atom. The largest absolute Gasteiger partial charge is 0.411 e. The molecule has 4 heteroatoms. The van der Waals surface area contributed by atoms with E-state index in [0.29, 0.717) is 0 Å². The fourth-order valence-electron chi connectivity index (χ4n) is 1.21. The SMILES string of the molecule is O/N=C/c1sccc1-c1ccccn1. The second-order valence-corrected chi connectivity index (χ2v) is 3.61. The molecule has 14 heavy (non-hydrogen) atoms. The van der Waals surface area contributed by atoms with E-state index < -0.39 is 0 Å². The van der Waals surface area contributed by atoms with E-state index in [1.165, 1.54) is 17.6 Å². The van der Waals surface area contributed by atoms with Crippen LogP contribution >= 0.6 is 11.3 Å². The first-order valence-corrected chi connectivity index (χ1v) is 4.96. The standard InChI is InChI=1S/C10H8N2OS/c13-12-7-10-8(4-6-14-10)9-3-1-2-5-11-9/h1-7,13H/b12-7+. The Morgan fingerprint density at radius 2 is 2.29 bits per heavy atom. The molecule has 0 radical (unpaired) electrons. The number of hydrogen-bond acceptors (Lipinski definition) is 4. The van der Waals surface area contributed by atoms with Crippen molar-refractivity contribution in [2.45, 2.75) is 0 Å². The van der Waals surface area contributed by atoms with Crippen LogP contribution in [-0.2, 0) is 0 Å². The lowest BCUT2D eigenvalue weighted by atomic mass is 10.2. The molecule has 0 aliphatic carbocycles. The van der Waals surface area contributed by atoms with E-state index in [-0.39, 0.29) is 0 Å². The molecule has 70 valence electrons. The van der Waals surface area contributed by atoms with Crippen LogP contribution in [-0.4, -0.2) is 16.4 Å². The summed E-state index contributed by atoms with van der Waals surface area (Å²) in [6.07, 6.45) is 3.17. The Morgan fingerprint density at radius 3 is 3.00 bits per heavy atom.